The van der Waals surface area contributed by atoms with Gasteiger partial charge >= 0.3 is 6.01 Å². The van der Waals surface area contributed by atoms with Crippen LogP contribution in [0.15, 0.2) is 51.8 Å². The third kappa shape index (κ3) is 5.45. The van der Waals surface area contributed by atoms with E-state index in [0.29, 0.717) is 23.7 Å². The van der Waals surface area contributed by atoms with Gasteiger partial charge in [-0.3, -0.25) is 10.1 Å². The van der Waals surface area contributed by atoms with E-state index in [9.17, 15) is 13.2 Å². The summed E-state index contributed by atoms with van der Waals surface area (Å²) in [6.07, 6.45) is 1.66. The zero-order valence-corrected chi connectivity index (χ0v) is 20.4. The Morgan fingerprint density at radius 1 is 1.14 bits per heavy atom. The molecule has 186 valence electrons. The number of carbonyl (C=O) groups is 1. The first-order valence-corrected chi connectivity index (χ1v) is 12.3. The maximum Gasteiger partial charge on any atom is 0.322 e. The Balaban J connectivity index is 1.43. The normalized spacial score (nSPS) is 15.8. The van der Waals surface area contributed by atoms with Crippen LogP contribution in [0.5, 0.6) is 11.5 Å². The Hall–Kier alpha value is -3.48. The Bertz CT molecular complexity index is 1290. The van der Waals surface area contributed by atoms with Crippen LogP contribution in [0, 0.1) is 0 Å². The van der Waals surface area contributed by atoms with Gasteiger partial charge in [-0.1, -0.05) is 5.10 Å². The molecule has 11 nitrogen and oxygen atoms in total. The second-order valence-electron chi connectivity index (χ2n) is 7.88. The number of sulfonamides is 1. The molecule has 1 N–H and O–H groups in total. The summed E-state index contributed by atoms with van der Waals surface area (Å²) in [6.45, 7) is 0.931. The summed E-state index contributed by atoms with van der Waals surface area (Å²) in [6, 6.07) is 10.6. The van der Waals surface area contributed by atoms with Gasteiger partial charge in [-0.2, -0.15) is 4.31 Å². The number of likely N-dealkylation sites (N-methyl/N-ethyl adjacent to an activating group) is 1. The number of aromatic nitrogens is 2. The number of anilines is 1. The smallest absolute Gasteiger partial charge is 0.322 e. The quantitative estimate of drug-likeness (QED) is 0.469. The molecule has 3 aromatic rings. The molecule has 0 unspecified atom stereocenters. The number of nitrogens with zero attached hydrogens (tertiary/aromatic N) is 3. The molecule has 0 aliphatic carbocycles. The Labute approximate surface area is 203 Å². The molecule has 1 amide bonds. The fourth-order valence-corrected chi connectivity index (χ4v) is 4.86. The highest BCUT2D eigenvalue weighted by molar-refractivity contribution is 7.89. The molecular weight excluding hydrogens is 476 g/mol. The van der Waals surface area contributed by atoms with Crippen molar-refractivity contribution in [1.82, 2.24) is 14.5 Å². The molecule has 12 heteroatoms. The SMILES string of the molecule is COc1ccc(-c2nnc(NC(=O)c3ccc(S(=O)(=O)N(C)C[C@H]4CCCO4)cc3)o2)c(OC)c1. The number of hydrogen-bond donors (Lipinski definition) is 1. The predicted octanol–water partition coefficient (Wildman–Crippen LogP) is 2.81. The van der Waals surface area contributed by atoms with Crippen LogP contribution < -0.4 is 14.8 Å². The molecule has 4 rings (SSSR count). The van der Waals surface area contributed by atoms with Crippen LogP contribution in [0.1, 0.15) is 23.2 Å². The fourth-order valence-electron chi connectivity index (χ4n) is 3.66. The molecule has 0 spiro atoms. The van der Waals surface area contributed by atoms with Gasteiger partial charge in [-0.25, -0.2) is 8.42 Å². The lowest BCUT2D eigenvalue weighted by molar-refractivity contribution is 0.0979. The van der Waals surface area contributed by atoms with Crippen molar-refractivity contribution >= 4 is 21.9 Å². The summed E-state index contributed by atoms with van der Waals surface area (Å²) in [5.41, 5.74) is 0.760. The topological polar surface area (TPSA) is 133 Å². The summed E-state index contributed by atoms with van der Waals surface area (Å²) in [5.74, 6) is 0.684. The van der Waals surface area contributed by atoms with Gasteiger partial charge in [0.2, 0.25) is 10.0 Å². The number of benzene rings is 2. The van der Waals surface area contributed by atoms with Crippen molar-refractivity contribution in [3.8, 4) is 23.0 Å². The lowest BCUT2D eigenvalue weighted by atomic mass is 10.2. The van der Waals surface area contributed by atoms with Gasteiger partial charge in [0, 0.05) is 31.8 Å². The molecule has 0 bridgehead atoms. The Kier molecular flexibility index (Phi) is 7.34. The lowest BCUT2D eigenvalue weighted by Crippen LogP contribution is -2.34. The van der Waals surface area contributed by atoms with Crippen LogP contribution in [-0.4, -0.2) is 69.4 Å². The van der Waals surface area contributed by atoms with Crippen molar-refractivity contribution in [3.63, 3.8) is 0 Å². The minimum absolute atomic E-state index is 0.0845. The van der Waals surface area contributed by atoms with E-state index in [1.165, 1.54) is 42.7 Å². The molecule has 0 saturated carbocycles. The summed E-state index contributed by atoms with van der Waals surface area (Å²) >= 11 is 0. The number of carbonyl (C=O) groups excluding carboxylic acids is 1. The van der Waals surface area contributed by atoms with E-state index in [-0.39, 0.29) is 35.0 Å². The maximum atomic E-state index is 12.8. The van der Waals surface area contributed by atoms with Crippen molar-refractivity contribution in [3.05, 3.63) is 48.0 Å². The number of nitrogens with one attached hydrogen (secondary N) is 1. The van der Waals surface area contributed by atoms with Crippen LogP contribution >= 0.6 is 0 Å². The monoisotopic (exact) mass is 502 g/mol. The van der Waals surface area contributed by atoms with Crippen molar-refractivity contribution in [2.45, 2.75) is 23.8 Å². The average Bonchev–Trinajstić information content (AvgIpc) is 3.56. The number of amides is 1. The minimum atomic E-state index is -3.71. The number of methoxy groups -OCH3 is 2. The molecule has 1 aliphatic rings. The van der Waals surface area contributed by atoms with Crippen molar-refractivity contribution in [1.29, 1.82) is 0 Å². The van der Waals surface area contributed by atoms with Crippen LogP contribution in [0.25, 0.3) is 11.5 Å². The van der Waals surface area contributed by atoms with Gasteiger partial charge in [0.15, 0.2) is 0 Å². The second-order valence-corrected chi connectivity index (χ2v) is 9.92. The molecule has 1 saturated heterocycles. The Morgan fingerprint density at radius 2 is 1.91 bits per heavy atom. The minimum Gasteiger partial charge on any atom is -0.497 e. The van der Waals surface area contributed by atoms with Gasteiger partial charge in [0.25, 0.3) is 11.8 Å². The highest BCUT2D eigenvalue weighted by atomic mass is 32.2. The zero-order chi connectivity index (χ0) is 25.0. The third-order valence-electron chi connectivity index (χ3n) is 5.59. The summed E-state index contributed by atoms with van der Waals surface area (Å²) in [7, 11) is 0.853. The molecule has 2 aromatic carbocycles. The lowest BCUT2D eigenvalue weighted by Gasteiger charge is -2.20. The van der Waals surface area contributed by atoms with Crippen molar-refractivity contribution in [2.24, 2.45) is 0 Å². The summed E-state index contributed by atoms with van der Waals surface area (Å²) in [4.78, 5) is 12.7. The fraction of sp³-hybridized carbons (Fsp3) is 0.348. The summed E-state index contributed by atoms with van der Waals surface area (Å²) in [5, 5.41) is 10.3. The number of rotatable bonds is 9. The van der Waals surface area contributed by atoms with E-state index in [4.69, 9.17) is 18.6 Å². The van der Waals surface area contributed by atoms with E-state index >= 15 is 0 Å². The van der Waals surface area contributed by atoms with Crippen LogP contribution in [0.2, 0.25) is 0 Å². The molecule has 1 fully saturated rings. The molecule has 2 heterocycles. The molecule has 35 heavy (non-hydrogen) atoms. The van der Waals surface area contributed by atoms with E-state index in [1.807, 2.05) is 0 Å². The molecule has 1 aliphatic heterocycles. The van der Waals surface area contributed by atoms with E-state index in [1.54, 1.807) is 25.3 Å². The van der Waals surface area contributed by atoms with Crippen LogP contribution in [-0.2, 0) is 14.8 Å². The highest BCUT2D eigenvalue weighted by Crippen LogP contribution is 2.33. The third-order valence-corrected chi connectivity index (χ3v) is 7.43. The molecular formula is C23H26N4O7S. The first kappa shape index (κ1) is 24.6. The van der Waals surface area contributed by atoms with E-state index in [0.717, 1.165) is 12.8 Å². The predicted molar refractivity (Wildman–Crippen MR) is 126 cm³/mol. The van der Waals surface area contributed by atoms with Crippen LogP contribution in [0.3, 0.4) is 0 Å². The first-order chi connectivity index (χ1) is 16.8. The molecule has 1 aromatic heterocycles. The summed E-state index contributed by atoms with van der Waals surface area (Å²) < 4.78 is 48.6. The van der Waals surface area contributed by atoms with Gasteiger partial charge in [-0.05, 0) is 49.2 Å². The largest absolute Gasteiger partial charge is 0.497 e. The molecule has 0 radical (unpaired) electrons. The van der Waals surface area contributed by atoms with Gasteiger partial charge in [0.1, 0.15) is 11.5 Å². The van der Waals surface area contributed by atoms with Crippen LogP contribution in [0.4, 0.5) is 6.01 Å². The van der Waals surface area contributed by atoms with Crippen molar-refractivity contribution in [2.75, 3.05) is 39.7 Å². The first-order valence-electron chi connectivity index (χ1n) is 10.9. The standard InChI is InChI=1S/C23H26N4O7S/c1-27(14-17-5-4-12-33-17)35(29,30)18-9-6-15(7-10-18)21(28)24-23-26-25-22(34-23)19-11-8-16(31-2)13-20(19)32-3/h6-11,13,17H,4-5,12,14H2,1-3H3,(H,24,26,28)/t17-/m1/s1. The van der Waals surface area contributed by atoms with Gasteiger partial charge in [-0.15, -0.1) is 5.10 Å². The maximum absolute atomic E-state index is 12.8. The number of ether oxygens (including phenoxy) is 3. The van der Waals surface area contributed by atoms with E-state index < -0.39 is 15.9 Å². The highest BCUT2D eigenvalue weighted by Gasteiger charge is 2.26. The van der Waals surface area contributed by atoms with Gasteiger partial charge in [0.05, 0.1) is 30.8 Å². The van der Waals surface area contributed by atoms with Gasteiger partial charge < -0.3 is 18.6 Å². The second kappa shape index (κ2) is 10.4. The molecule has 1 atom stereocenters. The Morgan fingerprint density at radius 3 is 2.57 bits per heavy atom. The zero-order valence-electron chi connectivity index (χ0n) is 19.6. The van der Waals surface area contributed by atoms with E-state index in [2.05, 4.69) is 15.5 Å². The average molecular weight is 503 g/mol. The number of hydrogen-bond acceptors (Lipinski definition) is 9. The van der Waals surface area contributed by atoms with Crippen molar-refractivity contribution < 1.29 is 31.8 Å².